The first-order valence-electron chi connectivity index (χ1n) is 4.03. The first-order chi connectivity index (χ1) is 6.70. The van der Waals surface area contributed by atoms with Gasteiger partial charge in [0.15, 0.2) is 5.25 Å². The maximum absolute atomic E-state index is 11.8. The van der Waals surface area contributed by atoms with E-state index >= 15 is 0 Å². The standard InChI is InChI=1S/C9H8N2O2S/c10-9(12)8-5-11-6-3-1-2-4-7(6)14(8)13/h1-5,8H,(H2,10,12). The minimum absolute atomic E-state index is 0.568. The van der Waals surface area contributed by atoms with E-state index in [9.17, 15) is 9.00 Å². The van der Waals surface area contributed by atoms with Gasteiger partial charge >= 0.3 is 0 Å². The monoisotopic (exact) mass is 208 g/mol. The zero-order valence-corrected chi connectivity index (χ0v) is 8.03. The smallest absolute Gasteiger partial charge is 0.239 e. The van der Waals surface area contributed by atoms with E-state index in [2.05, 4.69) is 4.99 Å². The second-order valence-corrected chi connectivity index (χ2v) is 4.41. The second kappa shape index (κ2) is 3.34. The molecule has 1 aromatic carbocycles. The maximum Gasteiger partial charge on any atom is 0.239 e. The molecule has 1 heterocycles. The van der Waals surface area contributed by atoms with Gasteiger partial charge < -0.3 is 5.73 Å². The molecular formula is C9H8N2O2S. The molecule has 1 aromatic rings. The minimum Gasteiger partial charge on any atom is -0.368 e. The fourth-order valence-corrected chi connectivity index (χ4v) is 2.45. The highest BCUT2D eigenvalue weighted by molar-refractivity contribution is 7.87. The molecule has 2 rings (SSSR count). The Morgan fingerprint density at radius 3 is 2.86 bits per heavy atom. The summed E-state index contributed by atoms with van der Waals surface area (Å²) in [6.07, 6.45) is 1.35. The summed E-state index contributed by atoms with van der Waals surface area (Å²) < 4.78 is 11.8. The van der Waals surface area contributed by atoms with Crippen molar-refractivity contribution in [3.05, 3.63) is 24.3 Å². The number of primary amides is 1. The molecule has 1 aliphatic heterocycles. The number of benzene rings is 1. The molecule has 0 aromatic heterocycles. The number of amides is 1. The minimum atomic E-state index is -1.41. The first kappa shape index (κ1) is 9.08. The highest BCUT2D eigenvalue weighted by Gasteiger charge is 2.27. The molecule has 72 valence electrons. The van der Waals surface area contributed by atoms with Crippen LogP contribution in [0, 0.1) is 0 Å². The lowest BCUT2D eigenvalue weighted by atomic mass is 10.3. The van der Waals surface area contributed by atoms with Crippen molar-refractivity contribution in [2.75, 3.05) is 0 Å². The van der Waals surface area contributed by atoms with Crippen LogP contribution in [0.15, 0.2) is 34.2 Å². The number of hydrogen-bond acceptors (Lipinski definition) is 3. The van der Waals surface area contributed by atoms with Crippen LogP contribution >= 0.6 is 0 Å². The molecule has 0 saturated carbocycles. The van der Waals surface area contributed by atoms with Gasteiger partial charge in [-0.15, -0.1) is 0 Å². The summed E-state index contributed by atoms with van der Waals surface area (Å²) >= 11 is 0. The third kappa shape index (κ3) is 1.35. The lowest BCUT2D eigenvalue weighted by Gasteiger charge is -2.14. The number of para-hydroxylation sites is 1. The van der Waals surface area contributed by atoms with E-state index < -0.39 is 22.0 Å². The van der Waals surface area contributed by atoms with Crippen molar-refractivity contribution in [2.24, 2.45) is 10.7 Å². The zero-order chi connectivity index (χ0) is 10.1. The van der Waals surface area contributed by atoms with Crippen LogP contribution in [0.25, 0.3) is 0 Å². The summed E-state index contributed by atoms with van der Waals surface area (Å²) in [7, 11) is -1.41. The number of nitrogens with two attached hydrogens (primary N) is 1. The molecule has 14 heavy (non-hydrogen) atoms. The highest BCUT2D eigenvalue weighted by Crippen LogP contribution is 2.27. The zero-order valence-electron chi connectivity index (χ0n) is 7.21. The number of carbonyl (C=O) groups excluding carboxylic acids is 1. The van der Waals surface area contributed by atoms with Crippen molar-refractivity contribution >= 4 is 28.6 Å². The van der Waals surface area contributed by atoms with Gasteiger partial charge in [-0.3, -0.25) is 14.0 Å². The Labute approximate surface area is 83.3 Å². The van der Waals surface area contributed by atoms with Crippen LogP contribution in [-0.4, -0.2) is 21.6 Å². The summed E-state index contributed by atoms with van der Waals surface area (Å²) in [4.78, 5) is 15.5. The lowest BCUT2D eigenvalue weighted by Crippen LogP contribution is -2.35. The normalized spacial score (nSPS) is 24.3. The van der Waals surface area contributed by atoms with Gasteiger partial charge in [0, 0.05) is 6.21 Å². The molecule has 4 nitrogen and oxygen atoms in total. The van der Waals surface area contributed by atoms with Gasteiger partial charge in [0.1, 0.15) is 0 Å². The molecule has 0 radical (unpaired) electrons. The van der Waals surface area contributed by atoms with Crippen LogP contribution in [-0.2, 0) is 15.6 Å². The van der Waals surface area contributed by atoms with E-state index in [4.69, 9.17) is 5.73 Å². The molecule has 0 bridgehead atoms. The molecule has 1 amide bonds. The fourth-order valence-electron chi connectivity index (χ4n) is 1.25. The molecule has 0 fully saturated rings. The van der Waals surface area contributed by atoms with Crippen LogP contribution in [0.5, 0.6) is 0 Å². The predicted molar refractivity (Wildman–Crippen MR) is 54.0 cm³/mol. The Hall–Kier alpha value is -1.49. The van der Waals surface area contributed by atoms with Gasteiger partial charge in [0.05, 0.1) is 21.4 Å². The summed E-state index contributed by atoms with van der Waals surface area (Å²) in [5, 5.41) is -0.801. The SMILES string of the molecule is NC(=O)C1C=Nc2ccccc2S1=O. The quantitative estimate of drug-likeness (QED) is 0.723. The molecule has 0 saturated heterocycles. The molecule has 5 heteroatoms. The first-order valence-corrected chi connectivity index (χ1v) is 5.24. The van der Waals surface area contributed by atoms with E-state index in [1.54, 1.807) is 24.3 Å². The molecule has 2 N–H and O–H groups in total. The van der Waals surface area contributed by atoms with Gasteiger partial charge in [-0.2, -0.15) is 0 Å². The van der Waals surface area contributed by atoms with E-state index in [0.717, 1.165) is 0 Å². The molecule has 0 aliphatic carbocycles. The van der Waals surface area contributed by atoms with Crippen LogP contribution in [0.1, 0.15) is 0 Å². The summed E-state index contributed by atoms with van der Waals surface area (Å²) in [6.45, 7) is 0. The number of nitrogens with zero attached hydrogens (tertiary/aromatic N) is 1. The largest absolute Gasteiger partial charge is 0.368 e. The van der Waals surface area contributed by atoms with Crippen molar-refractivity contribution in [3.63, 3.8) is 0 Å². The van der Waals surface area contributed by atoms with Gasteiger partial charge in [0.25, 0.3) is 0 Å². The Morgan fingerprint density at radius 1 is 1.43 bits per heavy atom. The third-order valence-corrected chi connectivity index (χ3v) is 3.54. The molecular weight excluding hydrogens is 200 g/mol. The number of carbonyl (C=O) groups is 1. The Balaban J connectivity index is 2.50. The van der Waals surface area contributed by atoms with Crippen molar-refractivity contribution < 1.29 is 9.00 Å². The Bertz CT molecular complexity index is 442. The van der Waals surface area contributed by atoms with Gasteiger partial charge in [0.2, 0.25) is 5.91 Å². The maximum atomic E-state index is 11.8. The Morgan fingerprint density at radius 2 is 2.14 bits per heavy atom. The number of hydrogen-bond donors (Lipinski definition) is 1. The van der Waals surface area contributed by atoms with Gasteiger partial charge in [-0.1, -0.05) is 12.1 Å². The van der Waals surface area contributed by atoms with Crippen LogP contribution in [0.3, 0.4) is 0 Å². The van der Waals surface area contributed by atoms with Crippen LogP contribution in [0.2, 0.25) is 0 Å². The van der Waals surface area contributed by atoms with E-state index in [1.165, 1.54) is 6.21 Å². The topological polar surface area (TPSA) is 72.5 Å². The van der Waals surface area contributed by atoms with Crippen LogP contribution < -0.4 is 5.73 Å². The average Bonchev–Trinajstić information content (AvgIpc) is 2.18. The summed E-state index contributed by atoms with van der Waals surface area (Å²) in [5.74, 6) is -0.610. The third-order valence-electron chi connectivity index (χ3n) is 1.94. The van der Waals surface area contributed by atoms with E-state index in [-0.39, 0.29) is 0 Å². The number of fused-ring (bicyclic) bond motifs is 1. The van der Waals surface area contributed by atoms with Crippen molar-refractivity contribution in [1.29, 1.82) is 0 Å². The molecule has 2 atom stereocenters. The molecule has 0 spiro atoms. The molecule has 1 aliphatic rings. The van der Waals surface area contributed by atoms with Gasteiger partial charge in [-0.25, -0.2) is 0 Å². The van der Waals surface area contributed by atoms with Crippen molar-refractivity contribution in [1.82, 2.24) is 0 Å². The van der Waals surface area contributed by atoms with Crippen LogP contribution in [0.4, 0.5) is 5.69 Å². The van der Waals surface area contributed by atoms with Crippen molar-refractivity contribution in [2.45, 2.75) is 10.1 Å². The van der Waals surface area contributed by atoms with Gasteiger partial charge in [-0.05, 0) is 12.1 Å². The summed E-state index contributed by atoms with van der Waals surface area (Å²) in [5.41, 5.74) is 5.73. The van der Waals surface area contributed by atoms with E-state index in [0.29, 0.717) is 10.6 Å². The second-order valence-electron chi connectivity index (χ2n) is 2.87. The number of rotatable bonds is 1. The summed E-state index contributed by atoms with van der Waals surface area (Å²) in [6, 6.07) is 7.01. The Kier molecular flexibility index (Phi) is 2.17. The highest BCUT2D eigenvalue weighted by atomic mass is 32.2. The number of aliphatic imine (C=N–C) groups is 1. The average molecular weight is 208 g/mol. The fraction of sp³-hybridized carbons (Fsp3) is 0.111. The van der Waals surface area contributed by atoms with Crippen molar-refractivity contribution in [3.8, 4) is 0 Å². The van der Waals surface area contributed by atoms with E-state index in [1.807, 2.05) is 0 Å². The predicted octanol–water partition coefficient (Wildman–Crippen LogP) is 0.364. The lowest BCUT2D eigenvalue weighted by molar-refractivity contribution is -0.116. The molecule has 2 unspecified atom stereocenters.